The highest BCUT2D eigenvalue weighted by Gasteiger charge is 2.40. The van der Waals surface area contributed by atoms with Gasteiger partial charge in [0.2, 0.25) is 5.91 Å². The van der Waals surface area contributed by atoms with Gasteiger partial charge in [-0.1, -0.05) is 6.42 Å². The van der Waals surface area contributed by atoms with E-state index in [-0.39, 0.29) is 0 Å². The summed E-state index contributed by atoms with van der Waals surface area (Å²) in [6, 6.07) is 5.73. The largest absolute Gasteiger partial charge is 0.497 e. The first kappa shape index (κ1) is 19.0. The molecule has 0 bridgehead atoms. The zero-order valence-corrected chi connectivity index (χ0v) is 15.4. The summed E-state index contributed by atoms with van der Waals surface area (Å²) in [6.07, 6.45) is 5.02. The Bertz CT molecular complexity index is 726. The molecule has 27 heavy (non-hydrogen) atoms. The topological polar surface area (TPSA) is 91.3 Å². The van der Waals surface area contributed by atoms with Crippen molar-refractivity contribution >= 4 is 29.7 Å². The van der Waals surface area contributed by atoms with Crippen molar-refractivity contribution in [2.75, 3.05) is 38.2 Å². The van der Waals surface area contributed by atoms with Crippen LogP contribution in [0.25, 0.3) is 0 Å². The third-order valence-corrected chi connectivity index (χ3v) is 4.78. The first-order valence-corrected chi connectivity index (χ1v) is 9.15. The van der Waals surface area contributed by atoms with Crippen LogP contribution in [0.15, 0.2) is 29.3 Å². The van der Waals surface area contributed by atoms with Gasteiger partial charge >= 0.3 is 6.03 Å². The van der Waals surface area contributed by atoms with E-state index in [1.807, 2.05) is 0 Å². The Morgan fingerprint density at radius 3 is 2.52 bits per heavy atom. The highest BCUT2D eigenvalue weighted by Crippen LogP contribution is 2.23. The van der Waals surface area contributed by atoms with Crippen LogP contribution in [0.3, 0.4) is 0 Å². The van der Waals surface area contributed by atoms with E-state index in [9.17, 15) is 14.4 Å². The van der Waals surface area contributed by atoms with Crippen LogP contribution in [0, 0.1) is 5.92 Å². The number of rotatable bonds is 6. The van der Waals surface area contributed by atoms with Gasteiger partial charge in [0.25, 0.3) is 5.91 Å². The molecule has 2 heterocycles. The summed E-state index contributed by atoms with van der Waals surface area (Å²) in [4.78, 5) is 44.5. The number of aliphatic imine (C=N–C) groups is 1. The van der Waals surface area contributed by atoms with Crippen molar-refractivity contribution in [2.24, 2.45) is 10.9 Å². The quantitative estimate of drug-likeness (QED) is 0.603. The van der Waals surface area contributed by atoms with Gasteiger partial charge in [0, 0.05) is 12.8 Å². The Morgan fingerprint density at radius 2 is 1.85 bits per heavy atom. The molecular weight excluding hydrogens is 348 g/mol. The van der Waals surface area contributed by atoms with Crippen molar-refractivity contribution in [3.63, 3.8) is 0 Å². The van der Waals surface area contributed by atoms with Crippen molar-refractivity contribution in [3.05, 3.63) is 24.3 Å². The monoisotopic (exact) mass is 372 g/mol. The molecule has 0 saturated carbocycles. The molecule has 8 nitrogen and oxygen atoms in total. The van der Waals surface area contributed by atoms with E-state index < -0.39 is 23.8 Å². The summed E-state index contributed by atoms with van der Waals surface area (Å²) in [5.74, 6) is -1.74. The molecule has 1 aromatic rings. The number of ether oxygens (including phenoxy) is 1. The fourth-order valence-corrected chi connectivity index (χ4v) is 3.26. The van der Waals surface area contributed by atoms with Crippen molar-refractivity contribution < 1.29 is 19.1 Å². The van der Waals surface area contributed by atoms with Gasteiger partial charge in [-0.15, -0.1) is 0 Å². The smallest absolute Gasteiger partial charge is 0.335 e. The maximum absolute atomic E-state index is 12.7. The highest BCUT2D eigenvalue weighted by molar-refractivity contribution is 6.32. The molecule has 0 aromatic heterocycles. The van der Waals surface area contributed by atoms with Crippen molar-refractivity contribution in [3.8, 4) is 5.75 Å². The molecular formula is C19H24N4O4. The second-order valence-electron chi connectivity index (χ2n) is 6.60. The number of imide groups is 2. The van der Waals surface area contributed by atoms with Crippen LogP contribution in [-0.4, -0.2) is 62.2 Å². The standard InChI is InChI=1S/C19H24N4O4/c1-27-15-7-5-14(6-8-15)23-18(25)16(17(24)21-19(23)26)13-20-9-12-22-10-3-2-4-11-22/h5-8,13,16H,2-4,9-12H2,1H3,(H,21,24,26)/t16-/m0/s1. The minimum atomic E-state index is -1.11. The molecule has 1 aromatic carbocycles. The summed E-state index contributed by atoms with van der Waals surface area (Å²) in [6.45, 7) is 3.46. The summed E-state index contributed by atoms with van der Waals surface area (Å²) in [7, 11) is 1.53. The van der Waals surface area contributed by atoms with Crippen LogP contribution in [0.4, 0.5) is 10.5 Å². The summed E-state index contributed by atoms with van der Waals surface area (Å²) in [5, 5.41) is 2.22. The molecule has 2 saturated heterocycles. The number of hydrogen-bond donors (Lipinski definition) is 1. The van der Waals surface area contributed by atoms with E-state index in [4.69, 9.17) is 4.74 Å². The van der Waals surface area contributed by atoms with E-state index >= 15 is 0 Å². The minimum Gasteiger partial charge on any atom is -0.497 e. The van der Waals surface area contributed by atoms with Gasteiger partial charge in [0.15, 0.2) is 5.92 Å². The SMILES string of the molecule is COc1ccc(N2C(=O)NC(=O)[C@H](C=NCCN3CCCCC3)C2=O)cc1. The first-order chi connectivity index (χ1) is 13.1. The van der Waals surface area contributed by atoms with Crippen molar-refractivity contribution in [1.29, 1.82) is 0 Å². The van der Waals surface area contributed by atoms with Gasteiger partial charge in [0.05, 0.1) is 19.3 Å². The molecule has 0 radical (unpaired) electrons. The molecule has 8 heteroatoms. The van der Waals surface area contributed by atoms with Gasteiger partial charge in [0.1, 0.15) is 5.75 Å². The predicted octanol–water partition coefficient (Wildman–Crippen LogP) is 1.45. The number of carbonyl (C=O) groups excluding carboxylic acids is 3. The Kier molecular flexibility index (Phi) is 6.18. The number of likely N-dealkylation sites (tertiary alicyclic amines) is 1. The van der Waals surface area contributed by atoms with Gasteiger partial charge < -0.3 is 9.64 Å². The lowest BCUT2D eigenvalue weighted by molar-refractivity contribution is -0.131. The Balaban J connectivity index is 1.65. The van der Waals surface area contributed by atoms with E-state index in [1.54, 1.807) is 24.3 Å². The number of benzene rings is 1. The average molecular weight is 372 g/mol. The maximum atomic E-state index is 12.7. The number of methoxy groups -OCH3 is 1. The lowest BCUT2D eigenvalue weighted by atomic mass is 10.1. The predicted molar refractivity (Wildman–Crippen MR) is 101 cm³/mol. The molecule has 1 atom stereocenters. The molecule has 144 valence electrons. The number of hydrogen-bond acceptors (Lipinski definition) is 6. The lowest BCUT2D eigenvalue weighted by Crippen LogP contribution is -2.58. The molecule has 0 unspecified atom stereocenters. The third kappa shape index (κ3) is 4.51. The molecule has 2 aliphatic rings. The number of carbonyl (C=O) groups is 3. The Morgan fingerprint density at radius 1 is 1.15 bits per heavy atom. The summed E-state index contributed by atoms with van der Waals surface area (Å²) >= 11 is 0. The van der Waals surface area contributed by atoms with Gasteiger partial charge in [-0.25, -0.2) is 9.69 Å². The van der Waals surface area contributed by atoms with Gasteiger partial charge in [-0.05, 0) is 50.2 Å². The van der Waals surface area contributed by atoms with Crippen LogP contribution in [0.5, 0.6) is 5.75 Å². The van der Waals surface area contributed by atoms with Crippen LogP contribution in [-0.2, 0) is 9.59 Å². The molecule has 0 aliphatic carbocycles. The van der Waals surface area contributed by atoms with Crippen LogP contribution in [0.1, 0.15) is 19.3 Å². The molecule has 0 spiro atoms. The van der Waals surface area contributed by atoms with Gasteiger partial charge in [-0.3, -0.25) is 19.9 Å². The third-order valence-electron chi connectivity index (χ3n) is 4.78. The van der Waals surface area contributed by atoms with E-state index in [0.29, 0.717) is 18.0 Å². The first-order valence-electron chi connectivity index (χ1n) is 9.15. The van der Waals surface area contributed by atoms with E-state index in [0.717, 1.165) is 24.5 Å². The molecule has 1 N–H and O–H groups in total. The molecule has 2 aliphatic heterocycles. The lowest BCUT2D eigenvalue weighted by Gasteiger charge is -2.28. The fourth-order valence-electron chi connectivity index (χ4n) is 3.26. The van der Waals surface area contributed by atoms with E-state index in [1.165, 1.54) is 32.6 Å². The van der Waals surface area contributed by atoms with Crippen molar-refractivity contribution in [1.82, 2.24) is 10.2 Å². The second-order valence-corrected chi connectivity index (χ2v) is 6.60. The number of barbiturate groups is 1. The normalized spacial score (nSPS) is 21.6. The summed E-state index contributed by atoms with van der Waals surface area (Å²) in [5.41, 5.74) is 0.373. The molecule has 3 rings (SSSR count). The number of piperidine rings is 1. The Labute approximate surface area is 158 Å². The molecule has 4 amide bonds. The number of anilines is 1. The second kappa shape index (κ2) is 8.77. The van der Waals surface area contributed by atoms with Crippen molar-refractivity contribution in [2.45, 2.75) is 19.3 Å². The zero-order valence-electron chi connectivity index (χ0n) is 15.4. The fraction of sp³-hybridized carbons (Fsp3) is 0.474. The van der Waals surface area contributed by atoms with Crippen LogP contribution < -0.4 is 15.0 Å². The van der Waals surface area contributed by atoms with Gasteiger partial charge in [-0.2, -0.15) is 0 Å². The van der Waals surface area contributed by atoms with Crippen LogP contribution >= 0.6 is 0 Å². The zero-order chi connectivity index (χ0) is 19.2. The highest BCUT2D eigenvalue weighted by atomic mass is 16.5. The number of urea groups is 1. The number of nitrogens with zero attached hydrogens (tertiary/aromatic N) is 3. The average Bonchev–Trinajstić information content (AvgIpc) is 2.68. The number of nitrogens with one attached hydrogen (secondary N) is 1. The van der Waals surface area contributed by atoms with Crippen LogP contribution in [0.2, 0.25) is 0 Å². The summed E-state index contributed by atoms with van der Waals surface area (Å²) < 4.78 is 5.08. The maximum Gasteiger partial charge on any atom is 0.335 e. The van der Waals surface area contributed by atoms with E-state index in [2.05, 4.69) is 15.2 Å². The Hall–Kier alpha value is -2.74. The number of amides is 4. The molecule has 2 fully saturated rings. The minimum absolute atomic E-state index is 0.373.